The van der Waals surface area contributed by atoms with Gasteiger partial charge in [-0.05, 0) is 61.6 Å². The van der Waals surface area contributed by atoms with Crippen LogP contribution in [0.2, 0.25) is 0 Å². The van der Waals surface area contributed by atoms with Crippen molar-refractivity contribution in [2.75, 3.05) is 18.2 Å². The van der Waals surface area contributed by atoms with Gasteiger partial charge < -0.3 is 15.8 Å². The molecule has 0 bridgehead atoms. The number of anilines is 2. The molecule has 1 aliphatic rings. The van der Waals surface area contributed by atoms with E-state index < -0.39 is 5.54 Å². The standard InChI is InChI=1S/C23H30BrN3O2/c1-15-7-8-17(13-21(15)29-3)27-22(28)23(11-5-4-6-12-23)26-14-18-16(2)19(24)9-10-20(18)25/h7-10,13,26H,4-6,11-12,14,25H2,1-3H3,(H,27,28). The van der Waals surface area contributed by atoms with E-state index >= 15 is 0 Å². The van der Waals surface area contributed by atoms with Crippen LogP contribution in [0.15, 0.2) is 34.8 Å². The molecule has 0 saturated heterocycles. The summed E-state index contributed by atoms with van der Waals surface area (Å²) in [5, 5.41) is 6.69. The van der Waals surface area contributed by atoms with Gasteiger partial charge in [-0.15, -0.1) is 0 Å². The molecule has 3 rings (SSSR count). The lowest BCUT2D eigenvalue weighted by molar-refractivity contribution is -0.123. The highest BCUT2D eigenvalue weighted by Crippen LogP contribution is 2.32. The van der Waals surface area contributed by atoms with Gasteiger partial charge in [0.2, 0.25) is 5.91 Å². The molecule has 4 N–H and O–H groups in total. The number of rotatable bonds is 6. The molecule has 5 nitrogen and oxygen atoms in total. The molecule has 0 spiro atoms. The average molecular weight is 460 g/mol. The zero-order valence-corrected chi connectivity index (χ0v) is 19.0. The highest BCUT2D eigenvalue weighted by molar-refractivity contribution is 9.10. The Morgan fingerprint density at radius 3 is 2.59 bits per heavy atom. The number of aryl methyl sites for hydroxylation is 1. The van der Waals surface area contributed by atoms with Crippen molar-refractivity contribution in [1.82, 2.24) is 5.32 Å². The Bertz CT molecular complexity index is 892. The number of amides is 1. The molecular weight excluding hydrogens is 430 g/mol. The Morgan fingerprint density at radius 2 is 1.90 bits per heavy atom. The number of ether oxygens (including phenoxy) is 1. The summed E-state index contributed by atoms with van der Waals surface area (Å²) in [6.45, 7) is 4.59. The molecule has 2 aromatic carbocycles. The van der Waals surface area contributed by atoms with Gasteiger partial charge in [0.25, 0.3) is 0 Å². The number of nitrogens with one attached hydrogen (secondary N) is 2. The van der Waals surface area contributed by atoms with Gasteiger partial charge in [-0.3, -0.25) is 10.1 Å². The summed E-state index contributed by atoms with van der Waals surface area (Å²) >= 11 is 3.58. The quantitative estimate of drug-likeness (QED) is 0.525. The second-order valence-electron chi connectivity index (χ2n) is 7.88. The number of halogens is 1. The normalized spacial score (nSPS) is 15.7. The SMILES string of the molecule is COc1cc(NC(=O)C2(NCc3c(N)ccc(Br)c3C)CCCCC2)ccc1C. The minimum absolute atomic E-state index is 0.00864. The molecule has 1 amide bonds. The number of carbonyl (C=O) groups excluding carboxylic acids is 1. The molecule has 0 unspecified atom stereocenters. The summed E-state index contributed by atoms with van der Waals surface area (Å²) < 4.78 is 6.42. The van der Waals surface area contributed by atoms with Gasteiger partial charge in [0.15, 0.2) is 0 Å². The topological polar surface area (TPSA) is 76.4 Å². The Morgan fingerprint density at radius 1 is 1.17 bits per heavy atom. The zero-order valence-electron chi connectivity index (χ0n) is 17.4. The van der Waals surface area contributed by atoms with E-state index in [9.17, 15) is 4.79 Å². The van der Waals surface area contributed by atoms with Crippen molar-refractivity contribution in [2.45, 2.75) is 58.0 Å². The number of methoxy groups -OCH3 is 1. The molecular formula is C23H30BrN3O2. The number of carbonyl (C=O) groups is 1. The summed E-state index contributed by atoms with van der Waals surface area (Å²) in [7, 11) is 1.64. The first-order valence-electron chi connectivity index (χ1n) is 10.1. The molecule has 1 fully saturated rings. The largest absolute Gasteiger partial charge is 0.496 e. The molecule has 0 atom stereocenters. The van der Waals surface area contributed by atoms with Crippen LogP contribution in [-0.2, 0) is 11.3 Å². The summed E-state index contributed by atoms with van der Waals surface area (Å²) in [6, 6.07) is 9.62. The van der Waals surface area contributed by atoms with Crippen molar-refractivity contribution in [3.8, 4) is 5.75 Å². The van der Waals surface area contributed by atoms with Gasteiger partial charge in [0, 0.05) is 28.5 Å². The van der Waals surface area contributed by atoms with Crippen LogP contribution >= 0.6 is 15.9 Å². The molecule has 156 valence electrons. The molecule has 2 aromatic rings. The molecule has 0 aliphatic heterocycles. The minimum atomic E-state index is -0.600. The van der Waals surface area contributed by atoms with E-state index in [-0.39, 0.29) is 5.91 Å². The fraction of sp³-hybridized carbons (Fsp3) is 0.435. The molecule has 0 heterocycles. The maximum absolute atomic E-state index is 13.4. The molecule has 1 saturated carbocycles. The third-order valence-electron chi connectivity index (χ3n) is 5.98. The monoisotopic (exact) mass is 459 g/mol. The lowest BCUT2D eigenvalue weighted by Gasteiger charge is -2.37. The van der Waals surface area contributed by atoms with E-state index in [0.717, 1.165) is 70.4 Å². The first-order chi connectivity index (χ1) is 13.9. The van der Waals surface area contributed by atoms with Crippen molar-refractivity contribution in [1.29, 1.82) is 0 Å². The highest BCUT2D eigenvalue weighted by Gasteiger charge is 2.39. The van der Waals surface area contributed by atoms with E-state index in [1.165, 1.54) is 0 Å². The maximum Gasteiger partial charge on any atom is 0.244 e. The Balaban J connectivity index is 1.81. The van der Waals surface area contributed by atoms with Crippen molar-refractivity contribution < 1.29 is 9.53 Å². The summed E-state index contributed by atoms with van der Waals surface area (Å²) in [5.74, 6) is 0.778. The predicted molar refractivity (Wildman–Crippen MR) is 122 cm³/mol. The Labute approximate surface area is 181 Å². The van der Waals surface area contributed by atoms with E-state index in [0.29, 0.717) is 6.54 Å². The van der Waals surface area contributed by atoms with Crippen LogP contribution in [0, 0.1) is 13.8 Å². The smallest absolute Gasteiger partial charge is 0.244 e. The van der Waals surface area contributed by atoms with E-state index in [1.807, 2.05) is 44.2 Å². The van der Waals surface area contributed by atoms with Gasteiger partial charge in [-0.2, -0.15) is 0 Å². The lowest BCUT2D eigenvalue weighted by atomic mass is 9.80. The first-order valence-corrected chi connectivity index (χ1v) is 10.9. The van der Waals surface area contributed by atoms with Crippen molar-refractivity contribution in [3.05, 3.63) is 51.5 Å². The Kier molecular flexibility index (Phi) is 6.85. The van der Waals surface area contributed by atoms with Gasteiger partial charge in [0.05, 0.1) is 12.6 Å². The van der Waals surface area contributed by atoms with Crippen LogP contribution in [0.5, 0.6) is 5.75 Å². The fourth-order valence-electron chi connectivity index (χ4n) is 4.03. The van der Waals surface area contributed by atoms with Crippen LogP contribution in [0.1, 0.15) is 48.8 Å². The second-order valence-corrected chi connectivity index (χ2v) is 8.73. The minimum Gasteiger partial charge on any atom is -0.496 e. The van der Waals surface area contributed by atoms with Crippen LogP contribution in [0.25, 0.3) is 0 Å². The van der Waals surface area contributed by atoms with Crippen LogP contribution in [0.4, 0.5) is 11.4 Å². The predicted octanol–water partition coefficient (Wildman–Crippen LogP) is 5.09. The van der Waals surface area contributed by atoms with Gasteiger partial charge >= 0.3 is 0 Å². The molecule has 0 radical (unpaired) electrons. The Hall–Kier alpha value is -2.05. The van der Waals surface area contributed by atoms with Crippen LogP contribution in [0.3, 0.4) is 0 Å². The van der Waals surface area contributed by atoms with Crippen molar-refractivity contribution >= 4 is 33.2 Å². The number of hydrogen-bond acceptors (Lipinski definition) is 4. The third kappa shape index (κ3) is 4.75. The van der Waals surface area contributed by atoms with E-state index in [2.05, 4.69) is 26.6 Å². The van der Waals surface area contributed by atoms with E-state index in [4.69, 9.17) is 10.5 Å². The summed E-state index contributed by atoms with van der Waals surface area (Å²) in [6.07, 6.45) is 4.85. The molecule has 0 aromatic heterocycles. The summed E-state index contributed by atoms with van der Waals surface area (Å²) in [4.78, 5) is 13.4. The molecule has 29 heavy (non-hydrogen) atoms. The zero-order chi connectivity index (χ0) is 21.0. The van der Waals surface area contributed by atoms with Gasteiger partial charge in [0.1, 0.15) is 5.75 Å². The summed E-state index contributed by atoms with van der Waals surface area (Å²) in [5.41, 5.74) is 10.3. The number of hydrogen-bond donors (Lipinski definition) is 3. The van der Waals surface area contributed by atoms with Crippen molar-refractivity contribution in [2.24, 2.45) is 0 Å². The fourth-order valence-corrected chi connectivity index (χ4v) is 4.40. The molecule has 6 heteroatoms. The lowest BCUT2D eigenvalue weighted by Crippen LogP contribution is -2.55. The number of benzene rings is 2. The average Bonchev–Trinajstić information content (AvgIpc) is 2.73. The second kappa shape index (κ2) is 9.18. The van der Waals surface area contributed by atoms with Gasteiger partial charge in [-0.1, -0.05) is 41.3 Å². The van der Waals surface area contributed by atoms with Crippen LogP contribution < -0.4 is 21.1 Å². The van der Waals surface area contributed by atoms with Crippen molar-refractivity contribution in [3.63, 3.8) is 0 Å². The number of nitrogen functional groups attached to an aromatic ring is 1. The first kappa shape index (κ1) is 21.7. The third-order valence-corrected chi connectivity index (χ3v) is 6.84. The number of nitrogens with two attached hydrogens (primary N) is 1. The maximum atomic E-state index is 13.4. The highest BCUT2D eigenvalue weighted by atomic mass is 79.9. The van der Waals surface area contributed by atoms with Crippen LogP contribution in [-0.4, -0.2) is 18.6 Å². The van der Waals surface area contributed by atoms with E-state index in [1.54, 1.807) is 7.11 Å². The molecule has 1 aliphatic carbocycles. The van der Waals surface area contributed by atoms with Gasteiger partial charge in [-0.25, -0.2) is 0 Å².